The first-order chi connectivity index (χ1) is 12.3. The van der Waals surface area contributed by atoms with Crippen LogP contribution in [-0.2, 0) is 9.53 Å². The fourth-order valence-corrected chi connectivity index (χ4v) is 3.28. The van der Waals surface area contributed by atoms with Gasteiger partial charge in [-0.2, -0.15) is 0 Å². The molecule has 5 nitrogen and oxygen atoms in total. The molecule has 26 heavy (non-hydrogen) atoms. The van der Waals surface area contributed by atoms with Gasteiger partial charge in [-0.15, -0.1) is 0 Å². The van der Waals surface area contributed by atoms with Crippen LogP contribution >= 0.6 is 12.2 Å². The summed E-state index contributed by atoms with van der Waals surface area (Å²) in [4.78, 5) is 16.2. The quantitative estimate of drug-likeness (QED) is 0.602. The summed E-state index contributed by atoms with van der Waals surface area (Å²) < 4.78 is 32.4. The predicted octanol–water partition coefficient (Wildman–Crippen LogP) is 2.59. The number of halogens is 2. The molecule has 0 amide bonds. The van der Waals surface area contributed by atoms with Crippen LogP contribution in [0.5, 0.6) is 0 Å². The molecule has 0 aromatic heterocycles. The van der Waals surface area contributed by atoms with Gasteiger partial charge < -0.3 is 19.9 Å². The van der Waals surface area contributed by atoms with Crippen molar-refractivity contribution in [2.24, 2.45) is 0 Å². The fourth-order valence-electron chi connectivity index (χ4n) is 2.94. The Morgan fingerprint density at radius 1 is 1.38 bits per heavy atom. The second kappa shape index (κ2) is 8.55. The van der Waals surface area contributed by atoms with E-state index in [-0.39, 0.29) is 11.1 Å². The summed E-state index contributed by atoms with van der Waals surface area (Å²) in [6.45, 7) is 3.22. The lowest BCUT2D eigenvalue weighted by Gasteiger charge is -2.37. The standard InChI is InChI=1S/C18H23F2N3O2S/c1-11-15(17(24)25-4)16(13-7-6-12(19)10-14(13)20)21-18(26)23(11)9-5-8-22(2)3/h6-7,10,16H,5,8-9H2,1-4H3,(H,21,26)/t16-/m1/s1. The third-order valence-corrected chi connectivity index (χ3v) is 4.60. The zero-order valence-electron chi connectivity index (χ0n) is 15.3. The molecular weight excluding hydrogens is 360 g/mol. The number of hydrogen-bond acceptors (Lipinski definition) is 4. The molecule has 8 heteroatoms. The molecule has 0 saturated carbocycles. The Hall–Kier alpha value is -2.06. The van der Waals surface area contributed by atoms with Gasteiger partial charge in [-0.3, -0.25) is 0 Å². The van der Waals surface area contributed by atoms with E-state index in [2.05, 4.69) is 10.2 Å². The van der Waals surface area contributed by atoms with Crippen molar-refractivity contribution in [1.82, 2.24) is 15.1 Å². The van der Waals surface area contributed by atoms with Gasteiger partial charge in [0.25, 0.3) is 0 Å². The van der Waals surface area contributed by atoms with E-state index in [0.717, 1.165) is 25.1 Å². The maximum Gasteiger partial charge on any atom is 0.337 e. The predicted molar refractivity (Wildman–Crippen MR) is 99.4 cm³/mol. The molecule has 1 aliphatic rings. The molecule has 0 aliphatic carbocycles. The minimum absolute atomic E-state index is 0.140. The Morgan fingerprint density at radius 3 is 2.65 bits per heavy atom. The van der Waals surface area contributed by atoms with E-state index in [4.69, 9.17) is 17.0 Å². The van der Waals surface area contributed by atoms with Crippen molar-refractivity contribution >= 4 is 23.3 Å². The average molecular weight is 383 g/mol. The third kappa shape index (κ3) is 4.37. The van der Waals surface area contributed by atoms with Gasteiger partial charge in [-0.1, -0.05) is 6.07 Å². The van der Waals surface area contributed by atoms with Gasteiger partial charge in [0.1, 0.15) is 11.6 Å². The highest BCUT2D eigenvalue weighted by molar-refractivity contribution is 7.80. The van der Waals surface area contributed by atoms with Crippen LogP contribution in [-0.4, -0.2) is 55.2 Å². The summed E-state index contributed by atoms with van der Waals surface area (Å²) in [5.41, 5.74) is 1.01. The Labute approximate surface area is 157 Å². The molecule has 1 aromatic carbocycles. The second-order valence-electron chi connectivity index (χ2n) is 6.35. The summed E-state index contributed by atoms with van der Waals surface area (Å²) in [7, 11) is 5.22. The average Bonchev–Trinajstić information content (AvgIpc) is 2.56. The van der Waals surface area contributed by atoms with Gasteiger partial charge in [-0.05, 0) is 52.3 Å². The Morgan fingerprint density at radius 2 is 2.08 bits per heavy atom. The van der Waals surface area contributed by atoms with E-state index in [1.165, 1.54) is 13.2 Å². The van der Waals surface area contributed by atoms with E-state index in [0.29, 0.717) is 17.4 Å². The molecule has 1 atom stereocenters. The number of methoxy groups -OCH3 is 1. The van der Waals surface area contributed by atoms with Crippen molar-refractivity contribution in [2.75, 3.05) is 34.3 Å². The summed E-state index contributed by atoms with van der Waals surface area (Å²) in [6.07, 6.45) is 0.830. The van der Waals surface area contributed by atoms with Crippen molar-refractivity contribution in [1.29, 1.82) is 0 Å². The first kappa shape index (κ1) is 20.3. The number of allylic oxidation sites excluding steroid dienone is 1. The molecule has 1 N–H and O–H groups in total. The van der Waals surface area contributed by atoms with Gasteiger partial charge in [0.15, 0.2) is 5.11 Å². The number of ether oxygens (including phenoxy) is 1. The number of esters is 1. The van der Waals surface area contributed by atoms with Crippen LogP contribution in [0.1, 0.15) is 24.9 Å². The van der Waals surface area contributed by atoms with Gasteiger partial charge in [0.2, 0.25) is 0 Å². The number of carbonyl (C=O) groups is 1. The van der Waals surface area contributed by atoms with Crippen LogP contribution in [0.3, 0.4) is 0 Å². The number of benzene rings is 1. The van der Waals surface area contributed by atoms with E-state index >= 15 is 0 Å². The van der Waals surface area contributed by atoms with E-state index in [1.807, 2.05) is 19.0 Å². The van der Waals surface area contributed by atoms with Crippen LogP contribution in [0.15, 0.2) is 29.5 Å². The third-order valence-electron chi connectivity index (χ3n) is 4.26. The summed E-state index contributed by atoms with van der Waals surface area (Å²) in [5.74, 6) is -2.01. The van der Waals surface area contributed by atoms with Crippen molar-refractivity contribution in [2.45, 2.75) is 19.4 Å². The van der Waals surface area contributed by atoms with E-state index in [9.17, 15) is 13.6 Å². The lowest BCUT2D eigenvalue weighted by Crippen LogP contribution is -2.48. The largest absolute Gasteiger partial charge is 0.466 e. The highest BCUT2D eigenvalue weighted by Crippen LogP contribution is 2.32. The fraction of sp³-hybridized carbons (Fsp3) is 0.444. The highest BCUT2D eigenvalue weighted by Gasteiger charge is 2.35. The van der Waals surface area contributed by atoms with Crippen molar-refractivity contribution in [3.8, 4) is 0 Å². The van der Waals surface area contributed by atoms with Gasteiger partial charge in [-0.25, -0.2) is 13.6 Å². The maximum atomic E-state index is 14.3. The van der Waals surface area contributed by atoms with Crippen LogP contribution in [0, 0.1) is 11.6 Å². The first-order valence-electron chi connectivity index (χ1n) is 8.23. The van der Waals surface area contributed by atoms with Crippen LogP contribution in [0.25, 0.3) is 0 Å². The molecule has 0 unspecified atom stereocenters. The van der Waals surface area contributed by atoms with Crippen LogP contribution in [0.2, 0.25) is 0 Å². The zero-order chi connectivity index (χ0) is 19.4. The van der Waals surface area contributed by atoms with Crippen molar-refractivity contribution in [3.05, 3.63) is 46.7 Å². The molecule has 0 spiro atoms. The first-order valence-corrected chi connectivity index (χ1v) is 8.63. The number of carbonyl (C=O) groups excluding carboxylic acids is 1. The molecule has 2 rings (SSSR count). The second-order valence-corrected chi connectivity index (χ2v) is 6.73. The van der Waals surface area contributed by atoms with Gasteiger partial charge in [0.05, 0.1) is 18.7 Å². The van der Waals surface area contributed by atoms with E-state index in [1.54, 1.807) is 6.92 Å². The molecule has 1 aliphatic heterocycles. The normalized spacial score (nSPS) is 17.6. The van der Waals surface area contributed by atoms with Gasteiger partial charge in [0, 0.05) is 23.9 Å². The summed E-state index contributed by atoms with van der Waals surface area (Å²) in [5, 5.41) is 3.39. The summed E-state index contributed by atoms with van der Waals surface area (Å²) in [6, 6.07) is 2.41. The van der Waals surface area contributed by atoms with Crippen molar-refractivity contribution < 1.29 is 18.3 Å². The number of nitrogens with zero attached hydrogens (tertiary/aromatic N) is 2. The van der Waals surface area contributed by atoms with E-state index < -0.39 is 23.6 Å². The maximum absolute atomic E-state index is 14.3. The minimum Gasteiger partial charge on any atom is -0.466 e. The zero-order valence-corrected chi connectivity index (χ0v) is 16.1. The number of hydrogen-bond donors (Lipinski definition) is 1. The Balaban J connectivity index is 2.42. The van der Waals surface area contributed by atoms with Crippen LogP contribution in [0.4, 0.5) is 8.78 Å². The van der Waals surface area contributed by atoms with Crippen molar-refractivity contribution in [3.63, 3.8) is 0 Å². The number of rotatable bonds is 6. The molecule has 0 bridgehead atoms. The number of nitrogens with one attached hydrogen (secondary N) is 1. The SMILES string of the molecule is COC(=O)C1=C(C)N(CCCN(C)C)C(=S)N[C@@H]1c1ccc(F)cc1F. The Bertz CT molecular complexity index is 737. The molecule has 1 aromatic rings. The summed E-state index contributed by atoms with van der Waals surface area (Å²) >= 11 is 5.42. The van der Waals surface area contributed by atoms with Crippen LogP contribution < -0.4 is 5.32 Å². The smallest absolute Gasteiger partial charge is 0.337 e. The molecule has 0 radical (unpaired) electrons. The lowest BCUT2D eigenvalue weighted by molar-refractivity contribution is -0.136. The molecule has 142 valence electrons. The number of thiocarbonyl (C=S) groups is 1. The minimum atomic E-state index is -0.833. The monoisotopic (exact) mass is 383 g/mol. The molecule has 0 fully saturated rings. The molecule has 1 heterocycles. The van der Waals surface area contributed by atoms with Gasteiger partial charge >= 0.3 is 5.97 Å². The Kier molecular flexibility index (Phi) is 6.66. The molecule has 0 saturated heterocycles. The topological polar surface area (TPSA) is 44.8 Å². The lowest BCUT2D eigenvalue weighted by atomic mass is 9.94. The highest BCUT2D eigenvalue weighted by atomic mass is 32.1. The molecular formula is C18H23F2N3O2S.